The molecular weight excluding hydrogens is 395 g/mol. The third-order valence-corrected chi connectivity index (χ3v) is 7.12. The SMILES string of the molecule is N=C(NCCC[Si](Cl)(Cl)Cl)NCCC[Si](Cl)(Cl)Cl. The van der Waals surface area contributed by atoms with E-state index in [1.54, 1.807) is 0 Å². The van der Waals surface area contributed by atoms with Crippen molar-refractivity contribution >= 4 is 84.4 Å². The zero-order valence-corrected chi connectivity index (χ0v) is 16.0. The first kappa shape index (κ1) is 19.4. The maximum atomic E-state index is 7.56. The van der Waals surface area contributed by atoms with Crippen molar-refractivity contribution in [1.29, 1.82) is 5.41 Å². The topological polar surface area (TPSA) is 47.9 Å². The molecule has 0 atom stereocenters. The predicted octanol–water partition coefficient (Wildman–Crippen LogP) is 4.19. The Hall–Kier alpha value is 1.44. The van der Waals surface area contributed by atoms with Crippen molar-refractivity contribution in [2.45, 2.75) is 24.9 Å². The molecule has 11 heteroatoms. The average molecular weight is 410 g/mol. The Bertz CT molecular complexity index is 231. The maximum Gasteiger partial charge on any atom is 0.341 e. The lowest BCUT2D eigenvalue weighted by Gasteiger charge is -2.12. The van der Waals surface area contributed by atoms with Gasteiger partial charge in [0.15, 0.2) is 5.96 Å². The summed E-state index contributed by atoms with van der Waals surface area (Å²) in [5.74, 6) is 0.243. The second-order valence-electron chi connectivity index (χ2n) is 3.67. The van der Waals surface area contributed by atoms with Gasteiger partial charge < -0.3 is 10.6 Å². The van der Waals surface area contributed by atoms with E-state index in [4.69, 9.17) is 71.9 Å². The number of rotatable bonds is 8. The molecule has 0 unspecified atom stereocenters. The first-order valence-corrected chi connectivity index (χ1v) is 15.8. The Morgan fingerprint density at radius 3 is 1.39 bits per heavy atom. The van der Waals surface area contributed by atoms with E-state index in [1.165, 1.54) is 0 Å². The van der Waals surface area contributed by atoms with Crippen LogP contribution < -0.4 is 10.6 Å². The van der Waals surface area contributed by atoms with E-state index in [-0.39, 0.29) is 5.96 Å². The Morgan fingerprint density at radius 1 is 0.778 bits per heavy atom. The van der Waals surface area contributed by atoms with Crippen LogP contribution in [0.2, 0.25) is 12.1 Å². The number of nitrogens with one attached hydrogen (secondary N) is 3. The Balaban J connectivity index is 3.44. The van der Waals surface area contributed by atoms with E-state index >= 15 is 0 Å². The lowest BCUT2D eigenvalue weighted by Crippen LogP contribution is -2.37. The molecule has 0 aromatic carbocycles. The maximum absolute atomic E-state index is 7.56. The number of halogens is 6. The second-order valence-corrected chi connectivity index (χ2v) is 22.2. The standard InChI is InChI=1S/C7H15Cl6N3Si2/c8-17(9,10)5-1-3-15-7(14)16-4-2-6-18(11,12)13/h1-6H2,(H3,14,15,16). The van der Waals surface area contributed by atoms with Crippen LogP contribution in [-0.4, -0.2) is 31.1 Å². The van der Waals surface area contributed by atoms with Gasteiger partial charge in [0.2, 0.25) is 0 Å². The fourth-order valence-electron chi connectivity index (χ4n) is 1.07. The molecule has 108 valence electrons. The summed E-state index contributed by atoms with van der Waals surface area (Å²) < 4.78 is 0. The zero-order chi connectivity index (χ0) is 14.2. The van der Waals surface area contributed by atoms with Gasteiger partial charge in [-0.05, 0) is 24.9 Å². The van der Waals surface area contributed by atoms with E-state index in [9.17, 15) is 0 Å². The van der Waals surface area contributed by atoms with Crippen molar-refractivity contribution in [3.8, 4) is 0 Å². The second kappa shape index (κ2) is 9.39. The third-order valence-electron chi connectivity index (χ3n) is 1.88. The highest BCUT2D eigenvalue weighted by Crippen LogP contribution is 2.26. The van der Waals surface area contributed by atoms with Crippen molar-refractivity contribution < 1.29 is 0 Å². The van der Waals surface area contributed by atoms with Gasteiger partial charge in [0.1, 0.15) is 0 Å². The molecule has 0 radical (unpaired) electrons. The van der Waals surface area contributed by atoms with Crippen LogP contribution in [0.3, 0.4) is 0 Å². The molecule has 0 heterocycles. The summed E-state index contributed by atoms with van der Waals surface area (Å²) in [4.78, 5) is 0. The molecule has 0 aliphatic rings. The number of hydrogen-bond donors (Lipinski definition) is 3. The van der Waals surface area contributed by atoms with Gasteiger partial charge >= 0.3 is 12.0 Å². The van der Waals surface area contributed by atoms with Gasteiger partial charge in [0, 0.05) is 13.1 Å². The fraction of sp³-hybridized carbons (Fsp3) is 0.857. The molecule has 0 fully saturated rings. The quantitative estimate of drug-likeness (QED) is 0.185. The average Bonchev–Trinajstić information content (AvgIpc) is 2.17. The molecular formula is C7H15Cl6N3Si2. The van der Waals surface area contributed by atoms with Gasteiger partial charge in [-0.1, -0.05) is 0 Å². The van der Waals surface area contributed by atoms with Crippen LogP contribution in [0.5, 0.6) is 0 Å². The van der Waals surface area contributed by atoms with Crippen molar-refractivity contribution in [1.82, 2.24) is 10.6 Å². The number of guanidine groups is 1. The lowest BCUT2D eigenvalue weighted by atomic mass is 10.4. The van der Waals surface area contributed by atoms with Crippen LogP contribution in [-0.2, 0) is 0 Å². The smallest absolute Gasteiger partial charge is 0.341 e. The highest BCUT2D eigenvalue weighted by atomic mass is 35.8. The van der Waals surface area contributed by atoms with Crippen molar-refractivity contribution in [3.63, 3.8) is 0 Å². The van der Waals surface area contributed by atoms with Gasteiger partial charge in [-0.15, -0.1) is 66.5 Å². The van der Waals surface area contributed by atoms with Gasteiger partial charge in [-0.25, -0.2) is 0 Å². The summed E-state index contributed by atoms with van der Waals surface area (Å²) in [5.41, 5.74) is 0. The fourth-order valence-corrected chi connectivity index (χ4v) is 4.63. The van der Waals surface area contributed by atoms with Crippen molar-refractivity contribution in [2.24, 2.45) is 0 Å². The van der Waals surface area contributed by atoms with Crippen LogP contribution >= 0.6 is 66.5 Å². The lowest BCUT2D eigenvalue weighted by molar-refractivity contribution is 0.758. The molecule has 0 aliphatic heterocycles. The van der Waals surface area contributed by atoms with Gasteiger partial charge in [-0.2, -0.15) is 0 Å². The molecule has 18 heavy (non-hydrogen) atoms. The van der Waals surface area contributed by atoms with E-state index in [2.05, 4.69) is 10.6 Å². The van der Waals surface area contributed by atoms with E-state index in [0.29, 0.717) is 25.2 Å². The molecule has 0 aliphatic carbocycles. The molecule has 0 saturated heterocycles. The zero-order valence-electron chi connectivity index (χ0n) is 9.51. The monoisotopic (exact) mass is 407 g/mol. The van der Waals surface area contributed by atoms with Gasteiger partial charge in [0.25, 0.3) is 0 Å². The van der Waals surface area contributed by atoms with Crippen LogP contribution in [0.4, 0.5) is 0 Å². The minimum absolute atomic E-state index is 0.243. The van der Waals surface area contributed by atoms with Crippen LogP contribution in [0.15, 0.2) is 0 Å². The summed E-state index contributed by atoms with van der Waals surface area (Å²) in [6.07, 6.45) is 1.46. The van der Waals surface area contributed by atoms with Crippen LogP contribution in [0.25, 0.3) is 0 Å². The van der Waals surface area contributed by atoms with E-state index in [0.717, 1.165) is 12.8 Å². The summed E-state index contributed by atoms with van der Waals surface area (Å²) >= 11 is 34.4. The van der Waals surface area contributed by atoms with E-state index < -0.39 is 12.0 Å². The Morgan fingerprint density at radius 2 is 1.11 bits per heavy atom. The summed E-state index contributed by atoms with van der Waals surface area (Å²) in [6, 6.07) is -3.91. The molecule has 0 aromatic rings. The van der Waals surface area contributed by atoms with Crippen molar-refractivity contribution in [3.05, 3.63) is 0 Å². The molecule has 0 rings (SSSR count). The van der Waals surface area contributed by atoms with Crippen LogP contribution in [0, 0.1) is 5.41 Å². The highest BCUT2D eigenvalue weighted by Gasteiger charge is 2.24. The molecule has 0 amide bonds. The summed E-state index contributed by atoms with van der Waals surface area (Å²) in [5, 5.41) is 13.3. The van der Waals surface area contributed by atoms with E-state index in [1.807, 2.05) is 0 Å². The summed E-state index contributed by atoms with van der Waals surface area (Å²) in [7, 11) is 0. The van der Waals surface area contributed by atoms with Gasteiger partial charge in [0.05, 0.1) is 0 Å². The molecule has 0 spiro atoms. The largest absolute Gasteiger partial charge is 0.357 e. The third kappa shape index (κ3) is 15.5. The molecule has 0 aromatic heterocycles. The predicted molar refractivity (Wildman–Crippen MR) is 89.2 cm³/mol. The normalized spacial score (nSPS) is 12.3. The Labute approximate surface area is 138 Å². The molecule has 3 nitrogen and oxygen atoms in total. The molecule has 3 N–H and O–H groups in total. The van der Waals surface area contributed by atoms with Crippen molar-refractivity contribution in [2.75, 3.05) is 13.1 Å². The summed E-state index contributed by atoms with van der Waals surface area (Å²) in [6.45, 7) is 1.21. The van der Waals surface area contributed by atoms with Crippen LogP contribution in [0.1, 0.15) is 12.8 Å². The minimum atomic E-state index is -2.54. The highest BCUT2D eigenvalue weighted by molar-refractivity contribution is 7.65. The molecule has 0 bridgehead atoms. The van der Waals surface area contributed by atoms with Gasteiger partial charge in [-0.3, -0.25) is 5.41 Å². The Kier molecular flexibility index (Phi) is 10.1. The first-order valence-electron chi connectivity index (χ1n) is 5.30. The minimum Gasteiger partial charge on any atom is -0.357 e. The molecule has 0 saturated carbocycles. The first-order chi connectivity index (χ1) is 8.10. The number of hydrogen-bond acceptors (Lipinski definition) is 1.